The Kier molecular flexibility index (Phi) is 5.23. The van der Waals surface area contributed by atoms with E-state index in [0.717, 1.165) is 22.1 Å². The van der Waals surface area contributed by atoms with E-state index in [1.54, 1.807) is 32.7 Å². The molecule has 1 fully saturated rings. The molecule has 3 aromatic rings. The monoisotopic (exact) mass is 402 g/mol. The van der Waals surface area contributed by atoms with Crippen molar-refractivity contribution in [2.45, 2.75) is 18.8 Å². The maximum atomic E-state index is 13.9. The Bertz CT molecular complexity index is 1010. The molecule has 2 aromatic carbocycles. The molecule has 6 nitrogen and oxygen atoms in total. The molecule has 2 heterocycles. The first-order valence-corrected chi connectivity index (χ1v) is 9.49. The zero-order valence-electron chi connectivity index (χ0n) is 15.7. The normalized spacial score (nSPS) is 15.9. The highest BCUT2D eigenvalue weighted by Gasteiger charge is 2.23. The van der Waals surface area contributed by atoms with Gasteiger partial charge in [-0.15, -0.1) is 0 Å². The summed E-state index contributed by atoms with van der Waals surface area (Å²) >= 11 is 1.26. The fourth-order valence-electron chi connectivity index (χ4n) is 3.28. The molecule has 0 saturated carbocycles. The van der Waals surface area contributed by atoms with E-state index < -0.39 is 0 Å². The molecule has 146 valence electrons. The van der Waals surface area contributed by atoms with E-state index in [9.17, 15) is 4.39 Å². The SMILES string of the molecule is COc1c(C)c(Cc2cnc(OC3COS3)nc2)c(OC)c2cc(F)ccc12. The molecule has 0 N–H and O–H groups in total. The largest absolute Gasteiger partial charge is 0.496 e. The summed E-state index contributed by atoms with van der Waals surface area (Å²) in [4.78, 5) is 8.53. The van der Waals surface area contributed by atoms with E-state index in [1.807, 2.05) is 6.92 Å². The number of halogens is 1. The average Bonchev–Trinajstić information content (AvgIpc) is 2.67. The van der Waals surface area contributed by atoms with Crippen molar-refractivity contribution in [3.63, 3.8) is 0 Å². The molecule has 0 spiro atoms. The summed E-state index contributed by atoms with van der Waals surface area (Å²) in [5, 5.41) is 1.48. The van der Waals surface area contributed by atoms with Gasteiger partial charge in [-0.3, -0.25) is 0 Å². The van der Waals surface area contributed by atoms with Crippen LogP contribution in [0.1, 0.15) is 16.7 Å². The topological polar surface area (TPSA) is 62.7 Å². The predicted molar refractivity (Wildman–Crippen MR) is 105 cm³/mol. The highest BCUT2D eigenvalue weighted by molar-refractivity contribution is 7.96. The van der Waals surface area contributed by atoms with E-state index >= 15 is 0 Å². The van der Waals surface area contributed by atoms with Gasteiger partial charge in [-0.2, -0.15) is 0 Å². The number of methoxy groups -OCH3 is 2. The van der Waals surface area contributed by atoms with Crippen LogP contribution in [-0.2, 0) is 10.6 Å². The van der Waals surface area contributed by atoms with Crippen LogP contribution >= 0.6 is 12.0 Å². The van der Waals surface area contributed by atoms with Crippen molar-refractivity contribution in [2.24, 2.45) is 0 Å². The van der Waals surface area contributed by atoms with Crippen molar-refractivity contribution in [2.75, 3.05) is 20.8 Å². The average molecular weight is 402 g/mol. The minimum Gasteiger partial charge on any atom is -0.496 e. The highest BCUT2D eigenvalue weighted by atomic mass is 32.2. The lowest BCUT2D eigenvalue weighted by Crippen LogP contribution is -2.27. The van der Waals surface area contributed by atoms with Crippen molar-refractivity contribution >= 4 is 22.8 Å². The van der Waals surface area contributed by atoms with Gasteiger partial charge in [0.1, 0.15) is 23.9 Å². The summed E-state index contributed by atoms with van der Waals surface area (Å²) in [6.07, 6.45) is 3.95. The standard InChI is InChI=1S/C20H19FN2O4S/c1-11-15(6-12-8-22-20(23-9-12)27-17-10-26-28-17)19(25-3)16-7-13(21)4-5-14(16)18(11)24-2/h4-5,7-9,17H,6,10H2,1-3H3. The zero-order chi connectivity index (χ0) is 19.7. The van der Waals surface area contributed by atoms with Gasteiger partial charge in [0.15, 0.2) is 5.44 Å². The second-order valence-corrected chi connectivity index (χ2v) is 7.29. The number of fused-ring (bicyclic) bond motifs is 1. The first-order valence-electron chi connectivity index (χ1n) is 8.69. The maximum Gasteiger partial charge on any atom is 0.317 e. The number of ether oxygens (including phenoxy) is 3. The molecule has 0 aliphatic carbocycles. The quantitative estimate of drug-likeness (QED) is 0.576. The van der Waals surface area contributed by atoms with Gasteiger partial charge in [0, 0.05) is 47.2 Å². The van der Waals surface area contributed by atoms with Crippen molar-refractivity contribution < 1.29 is 22.8 Å². The molecular weight excluding hydrogens is 383 g/mol. The number of hydrogen-bond donors (Lipinski definition) is 0. The molecule has 8 heteroatoms. The third kappa shape index (κ3) is 3.45. The van der Waals surface area contributed by atoms with Crippen molar-refractivity contribution in [1.82, 2.24) is 9.97 Å². The Morgan fingerprint density at radius 1 is 1.14 bits per heavy atom. The Hall–Kier alpha value is -2.58. The molecular formula is C20H19FN2O4S. The Balaban J connectivity index is 1.72. The van der Waals surface area contributed by atoms with E-state index in [4.69, 9.17) is 18.4 Å². The van der Waals surface area contributed by atoms with Gasteiger partial charge in [0.2, 0.25) is 0 Å². The molecule has 28 heavy (non-hydrogen) atoms. The molecule has 1 unspecified atom stereocenters. The van der Waals surface area contributed by atoms with Crippen LogP contribution in [0.15, 0.2) is 30.6 Å². The highest BCUT2D eigenvalue weighted by Crippen LogP contribution is 2.41. The Morgan fingerprint density at radius 2 is 1.86 bits per heavy atom. The Morgan fingerprint density at radius 3 is 2.46 bits per heavy atom. The lowest BCUT2D eigenvalue weighted by Gasteiger charge is -2.23. The van der Waals surface area contributed by atoms with Crippen LogP contribution in [0.2, 0.25) is 0 Å². The minimum absolute atomic E-state index is 0.0622. The number of rotatable bonds is 6. The van der Waals surface area contributed by atoms with Gasteiger partial charge in [0.05, 0.1) is 14.2 Å². The van der Waals surface area contributed by atoms with Gasteiger partial charge in [0.25, 0.3) is 0 Å². The summed E-state index contributed by atoms with van der Waals surface area (Å²) in [6.45, 7) is 2.49. The van der Waals surface area contributed by atoms with Crippen LogP contribution in [0.5, 0.6) is 17.5 Å². The van der Waals surface area contributed by atoms with E-state index in [-0.39, 0.29) is 11.3 Å². The lowest BCUT2D eigenvalue weighted by molar-refractivity contribution is 0.147. The van der Waals surface area contributed by atoms with E-state index in [1.165, 1.54) is 24.2 Å². The third-order valence-corrected chi connectivity index (χ3v) is 5.34. The van der Waals surface area contributed by atoms with Crippen LogP contribution in [0.3, 0.4) is 0 Å². The molecule has 1 aliphatic heterocycles. The minimum atomic E-state index is -0.328. The third-order valence-electron chi connectivity index (χ3n) is 4.63. The molecule has 1 aliphatic rings. The smallest absolute Gasteiger partial charge is 0.317 e. The van der Waals surface area contributed by atoms with Gasteiger partial charge >= 0.3 is 6.01 Å². The van der Waals surface area contributed by atoms with Crippen LogP contribution in [0, 0.1) is 12.7 Å². The second-order valence-electron chi connectivity index (χ2n) is 6.34. The summed E-state index contributed by atoms with van der Waals surface area (Å²) in [7, 11) is 3.19. The lowest BCUT2D eigenvalue weighted by atomic mass is 9.94. The number of nitrogens with zero attached hydrogens (tertiary/aromatic N) is 2. The van der Waals surface area contributed by atoms with Crippen LogP contribution in [0.25, 0.3) is 10.8 Å². The fourth-order valence-corrected chi connectivity index (χ4v) is 3.65. The summed E-state index contributed by atoms with van der Waals surface area (Å²) in [5.41, 5.74) is 2.65. The zero-order valence-corrected chi connectivity index (χ0v) is 16.5. The molecule has 0 bridgehead atoms. The number of hydrogen-bond acceptors (Lipinski definition) is 7. The molecule has 0 amide bonds. The summed E-state index contributed by atoms with van der Waals surface area (Å²) < 4.78 is 35.7. The first kappa shape index (κ1) is 18.8. The van der Waals surface area contributed by atoms with Gasteiger partial charge in [-0.05, 0) is 36.2 Å². The van der Waals surface area contributed by atoms with Gasteiger partial charge < -0.3 is 18.4 Å². The van der Waals surface area contributed by atoms with Crippen molar-refractivity contribution in [3.05, 3.63) is 53.1 Å². The fraction of sp³-hybridized carbons (Fsp3) is 0.300. The first-order chi connectivity index (χ1) is 13.6. The second kappa shape index (κ2) is 7.81. The summed E-state index contributed by atoms with van der Waals surface area (Å²) in [5.74, 6) is 0.996. The maximum absolute atomic E-state index is 13.9. The molecule has 1 saturated heterocycles. The molecule has 1 atom stereocenters. The van der Waals surface area contributed by atoms with Crippen LogP contribution in [0.4, 0.5) is 4.39 Å². The van der Waals surface area contributed by atoms with Crippen molar-refractivity contribution in [3.8, 4) is 17.5 Å². The van der Waals surface area contributed by atoms with Crippen molar-refractivity contribution in [1.29, 1.82) is 0 Å². The molecule has 4 rings (SSSR count). The molecule has 0 radical (unpaired) electrons. The number of benzene rings is 2. The van der Waals surface area contributed by atoms with Gasteiger partial charge in [-0.1, -0.05) is 0 Å². The van der Waals surface area contributed by atoms with E-state index in [0.29, 0.717) is 35.9 Å². The predicted octanol–water partition coefficient (Wildman–Crippen LogP) is 4.07. The van der Waals surface area contributed by atoms with Crippen LogP contribution < -0.4 is 14.2 Å². The molecule has 1 aromatic heterocycles. The Labute approximate surface area is 166 Å². The van der Waals surface area contributed by atoms with E-state index in [2.05, 4.69) is 9.97 Å². The van der Waals surface area contributed by atoms with Crippen LogP contribution in [-0.4, -0.2) is 36.2 Å². The number of aromatic nitrogens is 2. The van der Waals surface area contributed by atoms with Gasteiger partial charge in [-0.25, -0.2) is 14.4 Å². The summed E-state index contributed by atoms with van der Waals surface area (Å²) in [6, 6.07) is 4.90.